The van der Waals surface area contributed by atoms with Crippen LogP contribution in [-0.4, -0.2) is 169 Å². The third-order valence-electron chi connectivity index (χ3n) is 13.3. The summed E-state index contributed by atoms with van der Waals surface area (Å²) in [7, 11) is 11.1. The Morgan fingerprint density at radius 2 is 1.09 bits per heavy atom. The second-order valence-electron chi connectivity index (χ2n) is 20.1. The number of amides is 6. The van der Waals surface area contributed by atoms with E-state index in [0.29, 0.717) is 96.3 Å². The van der Waals surface area contributed by atoms with E-state index in [1.165, 1.54) is 58.3 Å². The third-order valence-corrected chi connectivity index (χ3v) is 17.7. The smallest absolute Gasteiger partial charge is 0.257 e. The van der Waals surface area contributed by atoms with Crippen LogP contribution in [0.4, 0.5) is 10.3 Å². The van der Waals surface area contributed by atoms with Crippen LogP contribution in [0.3, 0.4) is 0 Å². The van der Waals surface area contributed by atoms with Gasteiger partial charge in [0.05, 0.1) is 46.2 Å². The summed E-state index contributed by atoms with van der Waals surface area (Å²) < 4.78 is 12.9. The monoisotopic (exact) mass is 1190 g/mol. The molecule has 0 saturated carbocycles. The zero-order chi connectivity index (χ0) is 59.2. The number of carbonyl (C=O) groups is 6. The minimum absolute atomic E-state index is 0.121. The van der Waals surface area contributed by atoms with Crippen molar-refractivity contribution in [1.82, 2.24) is 39.4 Å². The standard InChI is InChI=1S/2C30H35N5O4S2/c1-7-26(36)35-12-11-34(17-20(35)3)29(38)23-15-25(19(2)13-24(23)39-6)40-27-16-31-30(41-27)32-28(37)22-10-8-9-21(14-22)18-33(4)5;1-6-26(36)34-11-8-12-35(14-13-34)29(38)23-17-25(20(2)15-24(23)39-5)40-27-18-31-30(41-27)32-28(37)22-10-7-9-21(16-22)19-33(3)4/h7-10,13-16,20H,1,11-12,17-18H2,2-6H3,(H,31,32,37);6-7,9-10,15-18H,1,8,11-14,19H2,2-5H3,(H,31,32,37)/t20-;/m1./s1. The van der Waals surface area contributed by atoms with E-state index < -0.39 is 0 Å². The van der Waals surface area contributed by atoms with Crippen molar-refractivity contribution in [3.63, 3.8) is 0 Å². The van der Waals surface area contributed by atoms with Crippen LogP contribution in [0.1, 0.15) is 77.0 Å². The van der Waals surface area contributed by atoms with E-state index in [-0.39, 0.29) is 41.5 Å². The highest BCUT2D eigenvalue weighted by Gasteiger charge is 2.31. The van der Waals surface area contributed by atoms with Gasteiger partial charge in [-0.3, -0.25) is 39.4 Å². The Morgan fingerprint density at radius 3 is 1.54 bits per heavy atom. The predicted octanol–water partition coefficient (Wildman–Crippen LogP) is 9.57. The van der Waals surface area contributed by atoms with Gasteiger partial charge < -0.3 is 38.9 Å². The number of benzene rings is 4. The van der Waals surface area contributed by atoms with Crippen molar-refractivity contribution in [3.8, 4) is 11.5 Å². The van der Waals surface area contributed by atoms with Crippen LogP contribution in [-0.2, 0) is 22.7 Å². The second kappa shape index (κ2) is 29.1. The zero-order valence-electron chi connectivity index (χ0n) is 47.8. The maximum Gasteiger partial charge on any atom is 0.257 e. The molecule has 82 heavy (non-hydrogen) atoms. The molecule has 6 amide bonds. The number of rotatable bonds is 18. The summed E-state index contributed by atoms with van der Waals surface area (Å²) in [6, 6.07) is 22.4. The van der Waals surface area contributed by atoms with E-state index in [1.54, 1.807) is 58.3 Å². The van der Waals surface area contributed by atoms with Gasteiger partial charge in [-0.2, -0.15) is 0 Å². The van der Waals surface area contributed by atoms with E-state index in [2.05, 4.69) is 43.6 Å². The van der Waals surface area contributed by atoms with E-state index in [1.807, 2.05) is 110 Å². The lowest BCUT2D eigenvalue weighted by molar-refractivity contribution is -0.130. The number of aromatic nitrogens is 2. The zero-order valence-corrected chi connectivity index (χ0v) is 51.0. The molecule has 18 nitrogen and oxygen atoms in total. The first-order chi connectivity index (χ1) is 39.3. The van der Waals surface area contributed by atoms with Crippen LogP contribution in [0.5, 0.6) is 11.5 Å². The number of ether oxygens (including phenoxy) is 2. The van der Waals surface area contributed by atoms with Gasteiger partial charge in [0.2, 0.25) is 11.8 Å². The van der Waals surface area contributed by atoms with Crippen molar-refractivity contribution in [2.24, 2.45) is 0 Å². The Hall–Kier alpha value is -7.34. The van der Waals surface area contributed by atoms with Gasteiger partial charge in [-0.15, -0.1) is 0 Å². The van der Waals surface area contributed by atoms with E-state index in [9.17, 15) is 28.8 Å². The number of aryl methyl sites for hydroxylation is 2. The fourth-order valence-corrected chi connectivity index (χ4v) is 13.1. The summed E-state index contributed by atoms with van der Waals surface area (Å²) in [5.74, 6) is 0.0556. The van der Waals surface area contributed by atoms with Crippen molar-refractivity contribution in [3.05, 3.63) is 155 Å². The number of carbonyl (C=O) groups excluding carboxylic acids is 6. The molecule has 2 aromatic heterocycles. The topological polar surface area (TPSA) is 190 Å². The number of methoxy groups -OCH3 is 2. The SMILES string of the molecule is C=CC(=O)N1CCCN(C(=O)c2cc(Sc3cnc(NC(=O)c4cccc(CN(C)C)c4)s3)c(C)cc2OC)CC1.C=CC(=O)N1CCN(C(=O)c2cc(Sc3cnc(NC(=O)c4cccc(CN(C)C)c4)s3)c(C)cc2OC)C[C@H]1C. The van der Waals surface area contributed by atoms with Crippen LogP contribution in [0.2, 0.25) is 0 Å². The molecule has 22 heteroatoms. The highest BCUT2D eigenvalue weighted by molar-refractivity contribution is 8.01. The van der Waals surface area contributed by atoms with Gasteiger partial charge in [0, 0.05) is 85.9 Å². The molecular weight excluding hydrogens is 1120 g/mol. The Kier molecular flexibility index (Phi) is 22.1. The summed E-state index contributed by atoms with van der Waals surface area (Å²) in [6.07, 6.45) is 6.75. The van der Waals surface area contributed by atoms with Crippen LogP contribution in [0.15, 0.2) is 129 Å². The van der Waals surface area contributed by atoms with Gasteiger partial charge in [-0.25, -0.2) is 9.97 Å². The van der Waals surface area contributed by atoms with Crippen molar-refractivity contribution < 1.29 is 38.2 Å². The number of nitrogens with zero attached hydrogens (tertiary/aromatic N) is 8. The maximum absolute atomic E-state index is 13.6. The van der Waals surface area contributed by atoms with Gasteiger partial charge in [0.1, 0.15) is 11.5 Å². The van der Waals surface area contributed by atoms with Gasteiger partial charge in [-0.1, -0.05) is 83.6 Å². The first-order valence-corrected chi connectivity index (χ1v) is 29.7. The van der Waals surface area contributed by atoms with Crippen LogP contribution >= 0.6 is 46.2 Å². The molecule has 4 heterocycles. The molecular formula is C60H70N10O8S4. The average Bonchev–Trinajstić information content (AvgIpc) is 4.07. The number of nitrogens with one attached hydrogen (secondary N) is 2. The van der Waals surface area contributed by atoms with Crippen molar-refractivity contribution >= 4 is 91.9 Å². The molecule has 6 aromatic rings. The molecule has 2 aliphatic rings. The molecule has 432 valence electrons. The minimum atomic E-state index is -0.214. The number of hydrogen-bond donors (Lipinski definition) is 2. The first kappa shape index (κ1) is 62.3. The molecule has 8 rings (SSSR count). The predicted molar refractivity (Wildman–Crippen MR) is 326 cm³/mol. The normalized spacial score (nSPS) is 14.4. The number of hydrogen-bond acceptors (Lipinski definition) is 16. The lowest BCUT2D eigenvalue weighted by Gasteiger charge is -2.39. The maximum atomic E-state index is 13.6. The summed E-state index contributed by atoms with van der Waals surface area (Å²) in [4.78, 5) is 98.7. The Balaban J connectivity index is 0.000000236. The molecule has 2 N–H and O–H groups in total. The van der Waals surface area contributed by atoms with Gasteiger partial charge >= 0.3 is 0 Å². The quantitative estimate of drug-likeness (QED) is 0.0774. The Morgan fingerprint density at radius 1 is 0.634 bits per heavy atom. The molecule has 2 aliphatic heterocycles. The molecule has 0 radical (unpaired) electrons. The molecule has 0 unspecified atom stereocenters. The van der Waals surface area contributed by atoms with Gasteiger partial charge in [0.25, 0.3) is 23.6 Å². The summed E-state index contributed by atoms with van der Waals surface area (Å²) in [5.41, 5.74) is 6.11. The minimum Gasteiger partial charge on any atom is -0.496 e. The van der Waals surface area contributed by atoms with Crippen LogP contribution in [0, 0.1) is 13.8 Å². The largest absolute Gasteiger partial charge is 0.496 e. The second-order valence-corrected chi connectivity index (χ2v) is 24.9. The average molecular weight is 1190 g/mol. The highest BCUT2D eigenvalue weighted by atomic mass is 32.2. The molecule has 0 spiro atoms. The number of anilines is 2. The Labute approximate surface area is 496 Å². The summed E-state index contributed by atoms with van der Waals surface area (Å²) >= 11 is 5.71. The number of piperazine rings is 1. The molecule has 2 fully saturated rings. The van der Waals surface area contributed by atoms with Crippen LogP contribution < -0.4 is 20.1 Å². The molecule has 0 aliphatic carbocycles. The fourth-order valence-electron chi connectivity index (χ4n) is 9.25. The highest BCUT2D eigenvalue weighted by Crippen LogP contribution is 2.40. The molecule has 0 bridgehead atoms. The molecule has 1 atom stereocenters. The van der Waals surface area contributed by atoms with Gasteiger partial charge in [0.15, 0.2) is 10.3 Å². The summed E-state index contributed by atoms with van der Waals surface area (Å²) in [5, 5.41) is 6.80. The lowest BCUT2D eigenvalue weighted by Crippen LogP contribution is -2.55. The van der Waals surface area contributed by atoms with Crippen molar-refractivity contribution in [1.29, 1.82) is 0 Å². The van der Waals surface area contributed by atoms with Crippen LogP contribution in [0.25, 0.3) is 0 Å². The molecule has 4 aromatic carbocycles. The fraction of sp³-hybridized carbons (Fsp3) is 0.333. The van der Waals surface area contributed by atoms with E-state index in [4.69, 9.17) is 9.47 Å². The van der Waals surface area contributed by atoms with Crippen molar-refractivity contribution in [2.45, 2.75) is 64.5 Å². The van der Waals surface area contributed by atoms with Crippen molar-refractivity contribution in [2.75, 3.05) is 98.9 Å². The van der Waals surface area contributed by atoms with Gasteiger partial charge in [-0.05, 0) is 138 Å². The summed E-state index contributed by atoms with van der Waals surface area (Å²) in [6.45, 7) is 17.8. The van der Waals surface area contributed by atoms with E-state index >= 15 is 0 Å². The molecule has 2 saturated heterocycles. The lowest BCUT2D eigenvalue weighted by atomic mass is 10.1. The Bertz CT molecular complexity index is 3150. The third kappa shape index (κ3) is 16.4. The first-order valence-electron chi connectivity index (χ1n) is 26.4. The number of thiazole rings is 2. The van der Waals surface area contributed by atoms with E-state index in [0.717, 1.165) is 53.6 Å².